The van der Waals surface area contributed by atoms with Gasteiger partial charge in [-0.25, -0.2) is 27.3 Å². The van der Waals surface area contributed by atoms with Crippen LogP contribution in [0.5, 0.6) is 0 Å². The molecule has 1 aromatic carbocycles. The molecule has 1 aliphatic rings. The average molecular weight is 615 g/mol. The van der Waals surface area contributed by atoms with E-state index in [4.69, 9.17) is 5.73 Å². The number of nitrogens with two attached hydrogens (primary N) is 1. The first-order chi connectivity index (χ1) is 19.0. The van der Waals surface area contributed by atoms with Crippen LogP contribution in [0.15, 0.2) is 47.5 Å². The lowest BCUT2D eigenvalue weighted by Gasteiger charge is -2.27. The molecular weight excluding hydrogens is 588 g/mol. The van der Waals surface area contributed by atoms with Gasteiger partial charge in [0.2, 0.25) is 15.9 Å². The molecule has 1 saturated heterocycles. The summed E-state index contributed by atoms with van der Waals surface area (Å²) in [6.45, 7) is 3.43. The number of primary amides is 1. The molecule has 0 unspecified atom stereocenters. The zero-order valence-corrected chi connectivity index (χ0v) is 23.6. The number of anilines is 1. The van der Waals surface area contributed by atoms with E-state index in [9.17, 15) is 35.6 Å². The highest BCUT2D eigenvalue weighted by molar-refractivity contribution is 7.89. The third-order valence-electron chi connectivity index (χ3n) is 6.72. The zero-order valence-electron chi connectivity index (χ0n) is 22.0. The van der Waals surface area contributed by atoms with E-state index in [2.05, 4.69) is 20.0 Å². The molecule has 0 bridgehead atoms. The standard InChI is InChI=1S/C25H26F4N6O4S2/c1-13-20(14-8-9-31-19(10-14)24(2,3)25(27,28)29)40-22(32-13)33-23(37)35-12-15(11-17(35)21(30)36)34-41(38,39)18-7-5-4-6-16(18)26/h4-10,15,17,34H,11-12H2,1-3H3,(H2,30,36)(H,32,33,37)/t15-,17+/m1/s1. The number of alkyl halides is 3. The molecule has 0 spiro atoms. The van der Waals surface area contributed by atoms with Crippen molar-refractivity contribution in [3.63, 3.8) is 0 Å². The van der Waals surface area contributed by atoms with Crippen molar-refractivity contribution in [2.45, 2.75) is 55.8 Å². The molecule has 2 aromatic heterocycles. The molecule has 0 aliphatic carbocycles. The second-order valence-electron chi connectivity index (χ2n) is 9.97. The smallest absolute Gasteiger partial charge is 0.368 e. The number of halogens is 4. The maximum Gasteiger partial charge on any atom is 0.399 e. The molecule has 16 heteroatoms. The molecule has 1 aliphatic heterocycles. The van der Waals surface area contributed by atoms with Gasteiger partial charge < -0.3 is 10.6 Å². The Hall–Kier alpha value is -3.63. The highest BCUT2D eigenvalue weighted by Gasteiger charge is 2.49. The molecule has 0 saturated carbocycles. The summed E-state index contributed by atoms with van der Waals surface area (Å²) in [7, 11) is -4.31. The van der Waals surface area contributed by atoms with E-state index < -0.39 is 56.3 Å². The summed E-state index contributed by atoms with van der Waals surface area (Å²) < 4.78 is 82.5. The number of carbonyl (C=O) groups is 2. The maximum atomic E-state index is 14.1. The Balaban J connectivity index is 1.52. The third kappa shape index (κ3) is 6.18. The fourth-order valence-electron chi connectivity index (χ4n) is 4.30. The number of aryl methyl sites for hydroxylation is 1. The molecule has 2 atom stereocenters. The lowest BCUT2D eigenvalue weighted by atomic mass is 9.87. The minimum atomic E-state index is -4.53. The minimum absolute atomic E-state index is 0.0922. The van der Waals surface area contributed by atoms with Gasteiger partial charge in [-0.3, -0.25) is 15.1 Å². The van der Waals surface area contributed by atoms with Crippen molar-refractivity contribution >= 4 is 38.4 Å². The summed E-state index contributed by atoms with van der Waals surface area (Å²) in [5.74, 6) is -1.84. The van der Waals surface area contributed by atoms with Gasteiger partial charge in [0.25, 0.3) is 0 Å². The fraction of sp³-hybridized carbons (Fsp3) is 0.360. The number of nitrogens with zero attached hydrogens (tertiary/aromatic N) is 3. The fourth-order valence-corrected chi connectivity index (χ4v) is 6.57. The Morgan fingerprint density at radius 2 is 1.85 bits per heavy atom. The SMILES string of the molecule is Cc1nc(NC(=O)N2C[C@H](NS(=O)(=O)c3ccccc3F)C[C@H]2C(N)=O)sc1-c1ccnc(C(C)(C)C(F)(F)F)c1. The minimum Gasteiger partial charge on any atom is -0.368 e. The number of aromatic nitrogens is 2. The Morgan fingerprint density at radius 1 is 1.17 bits per heavy atom. The van der Waals surface area contributed by atoms with Crippen molar-refractivity contribution in [2.24, 2.45) is 5.73 Å². The second-order valence-corrected chi connectivity index (χ2v) is 12.7. The van der Waals surface area contributed by atoms with E-state index in [1.807, 2.05) is 0 Å². The number of likely N-dealkylation sites (tertiary alicyclic amines) is 1. The van der Waals surface area contributed by atoms with Crippen LogP contribution in [0.4, 0.5) is 27.5 Å². The van der Waals surface area contributed by atoms with Gasteiger partial charge in [-0.05, 0) is 57.0 Å². The molecule has 4 N–H and O–H groups in total. The number of urea groups is 1. The van der Waals surface area contributed by atoms with E-state index >= 15 is 0 Å². The van der Waals surface area contributed by atoms with Gasteiger partial charge in [0.05, 0.1) is 16.3 Å². The third-order valence-corrected chi connectivity index (χ3v) is 9.40. The summed E-state index contributed by atoms with van der Waals surface area (Å²) in [6.07, 6.45) is -3.42. The van der Waals surface area contributed by atoms with E-state index in [1.54, 1.807) is 6.92 Å². The van der Waals surface area contributed by atoms with Crippen LogP contribution in [0.3, 0.4) is 0 Å². The van der Waals surface area contributed by atoms with Gasteiger partial charge >= 0.3 is 12.2 Å². The number of carbonyl (C=O) groups excluding carboxylic acids is 2. The quantitative estimate of drug-likeness (QED) is 0.344. The van der Waals surface area contributed by atoms with Gasteiger partial charge in [0.15, 0.2) is 5.13 Å². The molecule has 3 aromatic rings. The molecule has 0 radical (unpaired) electrons. The average Bonchev–Trinajstić information content (AvgIpc) is 3.46. The topological polar surface area (TPSA) is 147 Å². The van der Waals surface area contributed by atoms with Gasteiger partial charge in [-0.1, -0.05) is 23.5 Å². The van der Waals surface area contributed by atoms with E-state index in [1.165, 1.54) is 30.5 Å². The van der Waals surface area contributed by atoms with Crippen LogP contribution in [-0.2, 0) is 20.2 Å². The van der Waals surface area contributed by atoms with Crippen molar-refractivity contribution in [3.8, 4) is 10.4 Å². The summed E-state index contributed by atoms with van der Waals surface area (Å²) in [5, 5.41) is 2.64. The summed E-state index contributed by atoms with van der Waals surface area (Å²) in [5.41, 5.74) is 3.92. The number of hydrogen-bond acceptors (Lipinski definition) is 7. The Labute approximate surface area is 237 Å². The maximum absolute atomic E-state index is 14.1. The van der Waals surface area contributed by atoms with Crippen LogP contribution < -0.4 is 15.8 Å². The van der Waals surface area contributed by atoms with E-state index in [0.29, 0.717) is 16.1 Å². The number of amides is 3. The highest BCUT2D eigenvalue weighted by Crippen LogP contribution is 2.41. The van der Waals surface area contributed by atoms with Gasteiger partial charge in [-0.15, -0.1) is 0 Å². The molecular formula is C25H26F4N6O4S2. The van der Waals surface area contributed by atoms with Crippen LogP contribution in [0.25, 0.3) is 10.4 Å². The zero-order chi connectivity index (χ0) is 30.3. The van der Waals surface area contributed by atoms with Crippen molar-refractivity contribution in [3.05, 3.63) is 59.8 Å². The second kappa shape index (κ2) is 11.0. The molecule has 41 heavy (non-hydrogen) atoms. The summed E-state index contributed by atoms with van der Waals surface area (Å²) in [4.78, 5) is 34.4. The molecule has 3 amide bonds. The molecule has 4 rings (SSSR count). The van der Waals surface area contributed by atoms with Crippen molar-refractivity contribution in [1.82, 2.24) is 19.6 Å². The van der Waals surface area contributed by atoms with E-state index in [0.717, 1.165) is 42.2 Å². The number of pyridine rings is 1. The lowest BCUT2D eigenvalue weighted by molar-refractivity contribution is -0.181. The highest BCUT2D eigenvalue weighted by atomic mass is 32.2. The van der Waals surface area contributed by atoms with Crippen molar-refractivity contribution in [1.29, 1.82) is 0 Å². The van der Waals surface area contributed by atoms with Gasteiger partial charge in [0.1, 0.15) is 22.2 Å². The first kappa shape index (κ1) is 30.3. The van der Waals surface area contributed by atoms with Gasteiger partial charge in [-0.2, -0.15) is 13.2 Å². The normalized spacial score (nSPS) is 18.0. The van der Waals surface area contributed by atoms with Crippen LogP contribution in [0.1, 0.15) is 31.7 Å². The van der Waals surface area contributed by atoms with Crippen molar-refractivity contribution < 1.29 is 35.6 Å². The summed E-state index contributed by atoms with van der Waals surface area (Å²) in [6, 6.07) is 4.70. The largest absolute Gasteiger partial charge is 0.399 e. The predicted molar refractivity (Wildman–Crippen MR) is 143 cm³/mol. The first-order valence-electron chi connectivity index (χ1n) is 12.2. The Bertz CT molecular complexity index is 1590. The Morgan fingerprint density at radius 3 is 2.49 bits per heavy atom. The van der Waals surface area contributed by atoms with Crippen LogP contribution >= 0.6 is 11.3 Å². The number of benzene rings is 1. The molecule has 10 nitrogen and oxygen atoms in total. The lowest BCUT2D eigenvalue weighted by Crippen LogP contribution is -2.46. The number of thiazole rings is 1. The monoisotopic (exact) mass is 614 g/mol. The number of hydrogen-bond donors (Lipinski definition) is 3. The Kier molecular flexibility index (Phi) is 8.12. The summed E-state index contributed by atoms with van der Waals surface area (Å²) >= 11 is 0.998. The van der Waals surface area contributed by atoms with E-state index in [-0.39, 0.29) is 23.8 Å². The van der Waals surface area contributed by atoms with Crippen LogP contribution in [0.2, 0.25) is 0 Å². The van der Waals surface area contributed by atoms with Crippen molar-refractivity contribution in [2.75, 3.05) is 11.9 Å². The molecule has 220 valence electrons. The number of sulfonamides is 1. The number of rotatable bonds is 7. The van der Waals surface area contributed by atoms with Crippen LogP contribution in [-0.4, -0.2) is 60.0 Å². The molecule has 3 heterocycles. The van der Waals surface area contributed by atoms with Gasteiger partial charge in [0, 0.05) is 18.8 Å². The van der Waals surface area contributed by atoms with Crippen LogP contribution in [0, 0.1) is 12.7 Å². The first-order valence-corrected chi connectivity index (χ1v) is 14.5. The predicted octanol–water partition coefficient (Wildman–Crippen LogP) is 3.93. The molecule has 1 fully saturated rings. The number of nitrogens with one attached hydrogen (secondary N) is 2.